The topological polar surface area (TPSA) is 223 Å². The number of esters is 1. The van der Waals surface area contributed by atoms with Crippen LogP contribution in [-0.4, -0.2) is 124 Å². The molecule has 396 valence electrons. The van der Waals surface area contributed by atoms with E-state index in [2.05, 4.69) is 4.57 Å². The number of carboxylic acid groups (broad SMARTS) is 1. The van der Waals surface area contributed by atoms with Gasteiger partial charge in [-0.2, -0.15) is 5.26 Å². The zero-order valence-corrected chi connectivity index (χ0v) is 45.1. The van der Waals surface area contributed by atoms with Gasteiger partial charge in [-0.05, 0) is 85.6 Å². The molecule has 0 saturated carbocycles. The highest BCUT2D eigenvalue weighted by molar-refractivity contribution is 5.97. The van der Waals surface area contributed by atoms with Crippen molar-refractivity contribution >= 4 is 52.1 Å². The van der Waals surface area contributed by atoms with Crippen LogP contribution >= 0.6 is 0 Å². The molecule has 3 amide bonds. The molecule has 0 radical (unpaired) electrons. The molecule has 0 spiro atoms. The monoisotopic (exact) mass is 999 g/mol. The van der Waals surface area contributed by atoms with Gasteiger partial charge in [0.1, 0.15) is 11.8 Å². The fraction of sp³-hybridized carbons (Fsp3) is 0.607. The molecule has 0 unspecified atom stereocenters. The van der Waals surface area contributed by atoms with Crippen LogP contribution in [-0.2, 0) is 51.3 Å². The molecule has 2 aromatic carbocycles. The Kier molecular flexibility index (Phi) is 23.6. The number of amides is 3. The normalized spacial score (nSPS) is 14.5. The molecule has 1 heterocycles. The summed E-state index contributed by atoms with van der Waals surface area (Å²) in [6.07, 6.45) is 0.986. The molecule has 0 fully saturated rings. The van der Waals surface area contributed by atoms with Crippen LogP contribution in [0.25, 0.3) is 10.9 Å². The van der Waals surface area contributed by atoms with E-state index in [-0.39, 0.29) is 73.9 Å². The lowest BCUT2D eigenvalue weighted by atomic mass is 9.85. The van der Waals surface area contributed by atoms with Gasteiger partial charge in [0, 0.05) is 88.7 Å². The maximum absolute atomic E-state index is 15.2. The molecule has 3 N–H and O–H groups in total. The van der Waals surface area contributed by atoms with Crippen LogP contribution in [0, 0.1) is 46.8 Å². The second-order valence-corrected chi connectivity index (χ2v) is 21.2. The first kappa shape index (κ1) is 60.2. The van der Waals surface area contributed by atoms with Gasteiger partial charge in [0.15, 0.2) is 17.7 Å². The number of carbonyl (C=O) groups excluding carboxylic acids is 6. The first-order chi connectivity index (χ1) is 33.8. The number of hydrogen-bond acceptors (Lipinski definition) is 11. The minimum absolute atomic E-state index is 0.0259. The first-order valence-electron chi connectivity index (χ1n) is 25.4. The van der Waals surface area contributed by atoms with Crippen molar-refractivity contribution in [2.24, 2.45) is 41.2 Å². The van der Waals surface area contributed by atoms with Gasteiger partial charge in [-0.15, -0.1) is 0 Å². The highest BCUT2D eigenvalue weighted by Gasteiger charge is 2.39. The van der Waals surface area contributed by atoms with Gasteiger partial charge >= 0.3 is 11.9 Å². The molecular weight excluding hydrogens is 917 g/mol. The number of rotatable bonds is 30. The number of fused-ring (bicyclic) bond motifs is 1. The van der Waals surface area contributed by atoms with Crippen LogP contribution < -0.4 is 10.5 Å². The number of aliphatic carboxylic acids is 1. The van der Waals surface area contributed by atoms with Crippen molar-refractivity contribution < 1.29 is 48.1 Å². The van der Waals surface area contributed by atoms with Crippen LogP contribution in [0.3, 0.4) is 0 Å². The van der Waals surface area contributed by atoms with Crippen molar-refractivity contribution in [3.05, 3.63) is 65.9 Å². The number of hydrogen-bond donors (Lipinski definition) is 2. The number of carboxylic acids is 1. The molecule has 0 bridgehead atoms. The van der Waals surface area contributed by atoms with Crippen molar-refractivity contribution in [2.45, 2.75) is 157 Å². The van der Waals surface area contributed by atoms with Crippen LogP contribution in [0.4, 0.5) is 0 Å². The first-order valence-corrected chi connectivity index (χ1v) is 25.4. The number of ether oxygens (including phenoxy) is 2. The zero-order valence-electron chi connectivity index (χ0n) is 45.1. The zero-order chi connectivity index (χ0) is 54.1. The lowest BCUT2D eigenvalue weighted by Gasteiger charge is -2.34. The van der Waals surface area contributed by atoms with E-state index < -0.39 is 71.6 Å². The number of nitriles is 1. The van der Waals surface area contributed by atoms with Crippen LogP contribution in [0.5, 0.6) is 5.75 Å². The summed E-state index contributed by atoms with van der Waals surface area (Å²) >= 11 is 0. The Morgan fingerprint density at radius 3 is 1.72 bits per heavy atom. The summed E-state index contributed by atoms with van der Waals surface area (Å²) in [5.41, 5.74) is 9.04. The minimum Gasteiger partial charge on any atom is -0.497 e. The van der Waals surface area contributed by atoms with E-state index in [1.807, 2.05) is 116 Å². The Bertz CT molecular complexity index is 2350. The van der Waals surface area contributed by atoms with Crippen molar-refractivity contribution in [1.82, 2.24) is 19.3 Å². The summed E-state index contributed by atoms with van der Waals surface area (Å²) < 4.78 is 12.7. The molecule has 0 aliphatic carbocycles. The summed E-state index contributed by atoms with van der Waals surface area (Å²) in [6.45, 7) is 17.5. The molecule has 16 heteroatoms. The lowest BCUT2D eigenvalue weighted by Crippen LogP contribution is -2.51. The van der Waals surface area contributed by atoms with E-state index in [4.69, 9.17) is 20.5 Å². The molecule has 0 aliphatic heterocycles. The third-order valence-electron chi connectivity index (χ3n) is 13.3. The molecule has 0 aliphatic rings. The summed E-state index contributed by atoms with van der Waals surface area (Å²) in [5, 5.41) is 19.5. The summed E-state index contributed by atoms with van der Waals surface area (Å²) in [7, 11) is 6.17. The fourth-order valence-electron chi connectivity index (χ4n) is 9.38. The van der Waals surface area contributed by atoms with Crippen molar-refractivity contribution in [1.29, 1.82) is 5.26 Å². The third kappa shape index (κ3) is 17.3. The standard InChI is InChI=1S/C56H82N6O10/c1-34(2)25-40(52(65)59(10)38(9)56(70)72-51(55(68)69)19-16-24-57)30-50(64)48(29-42-33-62(46-18-15-14-17-44(42)46)32-39-20-22-43(71-13)23-21-39)60(11)53(66)41(26-35(3)4)31-49(63)47(28-37(7)8)61(12)54(67)45(58)27-36(5)6/h14-15,17-18,20-23,33-38,40-41,45,47-48,51H,16,19,25-32,58H2,1-13H3,(H,68,69)/t38-,40+,41+,45-,47-,48-,51+/m0/s1. The molecule has 1 aromatic heterocycles. The lowest BCUT2D eigenvalue weighted by molar-refractivity contribution is -0.169. The molecule has 0 saturated heterocycles. The van der Waals surface area contributed by atoms with Crippen molar-refractivity contribution in [3.8, 4) is 11.8 Å². The maximum Gasteiger partial charge on any atom is 0.345 e. The highest BCUT2D eigenvalue weighted by atomic mass is 16.6. The Morgan fingerprint density at radius 2 is 1.21 bits per heavy atom. The second-order valence-electron chi connectivity index (χ2n) is 21.2. The molecular formula is C56H82N6O10. The molecule has 16 nitrogen and oxygen atoms in total. The molecule has 7 atom stereocenters. The Hall–Kier alpha value is -6.08. The molecule has 3 aromatic rings. The number of nitrogens with two attached hydrogens (primary N) is 1. The van der Waals surface area contributed by atoms with E-state index in [1.54, 1.807) is 21.2 Å². The van der Waals surface area contributed by atoms with E-state index in [1.165, 1.54) is 23.8 Å². The predicted octanol–water partition coefficient (Wildman–Crippen LogP) is 7.70. The number of nitrogens with zero attached hydrogens (tertiary/aromatic N) is 5. The third-order valence-corrected chi connectivity index (χ3v) is 13.3. The average Bonchev–Trinajstić information content (AvgIpc) is 3.67. The van der Waals surface area contributed by atoms with Gasteiger partial charge in [-0.1, -0.05) is 85.7 Å². The van der Waals surface area contributed by atoms with Crippen molar-refractivity contribution in [2.75, 3.05) is 28.3 Å². The SMILES string of the molecule is COc1ccc(Cn2cc(C[C@@H](C(=O)C[C@@H](CC(C)C)C(=O)N(C)[C@@H](C)C(=O)O[C@H](CCC#N)C(=O)O)N(C)C(=O)[C@@H](CC(=O)[C@H](CC(C)C)N(C)C(=O)[C@@H](N)CC(C)C)CC(C)C)c3ccccc32)cc1. The Morgan fingerprint density at radius 1 is 0.694 bits per heavy atom. The number of benzene rings is 2. The van der Waals surface area contributed by atoms with Crippen molar-refractivity contribution in [3.63, 3.8) is 0 Å². The summed E-state index contributed by atoms with van der Waals surface area (Å²) in [5.74, 6) is -5.37. The number of carbonyl (C=O) groups is 7. The number of aromatic nitrogens is 1. The number of Topliss-reactive ketones (excluding diaryl/α,β-unsaturated/α-hetero) is 2. The maximum atomic E-state index is 15.2. The average molecular weight is 999 g/mol. The number of ketones is 2. The second kappa shape index (κ2) is 28.2. The van der Waals surface area contributed by atoms with Gasteiger partial charge in [-0.25, -0.2) is 9.59 Å². The van der Waals surface area contributed by atoms with E-state index >= 15 is 9.59 Å². The smallest absolute Gasteiger partial charge is 0.345 e. The van der Waals surface area contributed by atoms with Gasteiger partial charge in [-0.3, -0.25) is 24.0 Å². The van der Waals surface area contributed by atoms with Gasteiger partial charge in [0.2, 0.25) is 17.7 Å². The van der Waals surface area contributed by atoms with Crippen LogP contribution in [0.2, 0.25) is 0 Å². The van der Waals surface area contributed by atoms with E-state index in [0.29, 0.717) is 25.8 Å². The van der Waals surface area contributed by atoms with E-state index in [0.717, 1.165) is 32.7 Å². The van der Waals surface area contributed by atoms with Gasteiger partial charge < -0.3 is 39.6 Å². The number of para-hydroxylation sites is 1. The number of methoxy groups -OCH3 is 1. The van der Waals surface area contributed by atoms with E-state index in [9.17, 15) is 29.1 Å². The minimum atomic E-state index is -1.58. The van der Waals surface area contributed by atoms with Crippen LogP contribution in [0.1, 0.15) is 125 Å². The largest absolute Gasteiger partial charge is 0.497 e. The summed E-state index contributed by atoms with van der Waals surface area (Å²) in [6, 6.07) is 13.4. The predicted molar refractivity (Wildman–Crippen MR) is 277 cm³/mol. The molecule has 3 rings (SSSR count). The number of likely N-dealkylation sites (N-methyl/N-ethyl adjacent to an activating group) is 3. The summed E-state index contributed by atoms with van der Waals surface area (Å²) in [4.78, 5) is 102. The Balaban J connectivity index is 2.13. The Labute approximate surface area is 427 Å². The molecule has 72 heavy (non-hydrogen) atoms. The fourth-order valence-corrected chi connectivity index (χ4v) is 9.38. The quantitative estimate of drug-likeness (QED) is 0.0613. The van der Waals surface area contributed by atoms with Gasteiger partial charge in [0.25, 0.3) is 0 Å². The highest BCUT2D eigenvalue weighted by Crippen LogP contribution is 2.30. The van der Waals surface area contributed by atoms with Crippen LogP contribution in [0.15, 0.2) is 54.7 Å². The van der Waals surface area contributed by atoms with Gasteiger partial charge in [0.05, 0.1) is 31.3 Å².